The van der Waals surface area contributed by atoms with E-state index in [1.165, 1.54) is 0 Å². The minimum absolute atomic E-state index is 0.209. The van der Waals surface area contributed by atoms with E-state index in [2.05, 4.69) is 35.5 Å². The molecule has 0 aliphatic carbocycles. The zero-order valence-corrected chi connectivity index (χ0v) is 19.7. The highest BCUT2D eigenvalue weighted by molar-refractivity contribution is 6.04. The molecule has 6 heterocycles. The van der Waals surface area contributed by atoms with E-state index in [4.69, 9.17) is 9.40 Å². The standard InChI is InChI=1S/C28H18N8O2/c37-28(16-4-2-1-3-5-16)32-19-10-18(12-29-13-19)22-11-20-23(14-31-22)35-36-25(20)27-33-21-6-8-30-24(26(21)34-27)17-7-9-38-15-17/h1-15H,(H,32,37)(H,33,34)(H,35,36). The smallest absolute Gasteiger partial charge is 0.255 e. The zero-order valence-electron chi connectivity index (χ0n) is 19.7. The lowest BCUT2D eigenvalue weighted by atomic mass is 10.1. The van der Waals surface area contributed by atoms with Crippen LogP contribution in [0.4, 0.5) is 5.69 Å². The van der Waals surface area contributed by atoms with E-state index in [0.717, 1.165) is 38.8 Å². The summed E-state index contributed by atoms with van der Waals surface area (Å²) in [6, 6.07) is 16.5. The Morgan fingerprint density at radius 2 is 1.82 bits per heavy atom. The minimum Gasteiger partial charge on any atom is -0.472 e. The third kappa shape index (κ3) is 3.77. The van der Waals surface area contributed by atoms with Crippen molar-refractivity contribution in [2.45, 2.75) is 0 Å². The SMILES string of the molecule is O=C(Nc1cncc(-c2cc3c(-c4nc5c(-c6ccoc6)nccc5[nH]4)n[nH]c3cn2)c1)c1ccccc1. The quantitative estimate of drug-likeness (QED) is 0.286. The highest BCUT2D eigenvalue weighted by Crippen LogP contribution is 2.32. The summed E-state index contributed by atoms with van der Waals surface area (Å²) < 4.78 is 5.23. The van der Waals surface area contributed by atoms with Crippen molar-refractivity contribution in [3.63, 3.8) is 0 Å². The van der Waals surface area contributed by atoms with Crippen molar-refractivity contribution in [2.24, 2.45) is 0 Å². The number of amides is 1. The Labute approximate surface area is 214 Å². The molecule has 0 saturated heterocycles. The second kappa shape index (κ2) is 8.79. The number of benzene rings is 1. The van der Waals surface area contributed by atoms with Gasteiger partial charge in [0.1, 0.15) is 16.9 Å². The fourth-order valence-corrected chi connectivity index (χ4v) is 4.35. The van der Waals surface area contributed by atoms with Crippen LogP contribution in [0.2, 0.25) is 0 Å². The van der Waals surface area contributed by atoms with Crippen LogP contribution in [-0.2, 0) is 0 Å². The first-order valence-electron chi connectivity index (χ1n) is 11.8. The molecule has 0 atom stereocenters. The molecule has 182 valence electrons. The van der Waals surface area contributed by atoms with Gasteiger partial charge in [0, 0.05) is 34.5 Å². The maximum absolute atomic E-state index is 12.6. The summed E-state index contributed by atoms with van der Waals surface area (Å²) in [5, 5.41) is 11.3. The number of nitrogens with zero attached hydrogens (tertiary/aromatic N) is 5. The molecule has 0 bridgehead atoms. The van der Waals surface area contributed by atoms with Crippen molar-refractivity contribution < 1.29 is 9.21 Å². The summed E-state index contributed by atoms with van der Waals surface area (Å²) in [6.45, 7) is 0. The predicted molar refractivity (Wildman–Crippen MR) is 142 cm³/mol. The lowest BCUT2D eigenvalue weighted by Gasteiger charge is -2.07. The molecule has 7 rings (SSSR count). The second-order valence-corrected chi connectivity index (χ2v) is 8.62. The first-order chi connectivity index (χ1) is 18.7. The van der Waals surface area contributed by atoms with Crippen LogP contribution in [0, 0.1) is 0 Å². The number of aromatic amines is 2. The van der Waals surface area contributed by atoms with E-state index in [0.29, 0.717) is 28.5 Å². The van der Waals surface area contributed by atoms with Gasteiger partial charge in [-0.3, -0.25) is 24.8 Å². The van der Waals surface area contributed by atoms with Gasteiger partial charge in [0.05, 0.1) is 47.3 Å². The largest absolute Gasteiger partial charge is 0.472 e. The summed E-state index contributed by atoms with van der Waals surface area (Å²) in [4.78, 5) is 34.1. The van der Waals surface area contributed by atoms with Crippen molar-refractivity contribution in [3.8, 4) is 34.0 Å². The number of furan rings is 1. The molecule has 38 heavy (non-hydrogen) atoms. The van der Waals surface area contributed by atoms with Gasteiger partial charge >= 0.3 is 0 Å². The number of imidazole rings is 1. The van der Waals surface area contributed by atoms with Gasteiger partial charge in [-0.15, -0.1) is 0 Å². The summed E-state index contributed by atoms with van der Waals surface area (Å²) in [5.74, 6) is 0.391. The van der Waals surface area contributed by atoms with Crippen molar-refractivity contribution in [1.82, 2.24) is 35.1 Å². The van der Waals surface area contributed by atoms with Crippen LogP contribution in [0.3, 0.4) is 0 Å². The Morgan fingerprint density at radius 1 is 0.895 bits per heavy atom. The Bertz CT molecular complexity index is 1920. The third-order valence-corrected chi connectivity index (χ3v) is 6.19. The van der Waals surface area contributed by atoms with E-state index < -0.39 is 0 Å². The number of carbonyl (C=O) groups excluding carboxylic acids is 1. The van der Waals surface area contributed by atoms with E-state index in [9.17, 15) is 4.79 Å². The van der Waals surface area contributed by atoms with E-state index in [-0.39, 0.29) is 5.91 Å². The normalized spacial score (nSPS) is 11.3. The number of hydrogen-bond acceptors (Lipinski definition) is 7. The number of anilines is 1. The molecular formula is C28H18N8O2. The van der Waals surface area contributed by atoms with Crippen LogP contribution < -0.4 is 5.32 Å². The highest BCUT2D eigenvalue weighted by atomic mass is 16.3. The van der Waals surface area contributed by atoms with Gasteiger partial charge in [-0.25, -0.2) is 4.98 Å². The summed E-state index contributed by atoms with van der Waals surface area (Å²) >= 11 is 0. The number of pyridine rings is 3. The topological polar surface area (TPSA) is 138 Å². The molecule has 10 nitrogen and oxygen atoms in total. The number of aromatic nitrogens is 7. The van der Waals surface area contributed by atoms with Gasteiger partial charge in [-0.05, 0) is 36.4 Å². The van der Waals surface area contributed by atoms with E-state index >= 15 is 0 Å². The van der Waals surface area contributed by atoms with Crippen LogP contribution in [-0.4, -0.2) is 41.0 Å². The van der Waals surface area contributed by atoms with Crippen molar-refractivity contribution in [3.05, 3.63) is 97.5 Å². The van der Waals surface area contributed by atoms with Crippen LogP contribution in [0.15, 0.2) is 96.3 Å². The molecule has 1 aromatic carbocycles. The van der Waals surface area contributed by atoms with Crippen LogP contribution in [0.25, 0.3) is 56.0 Å². The lowest BCUT2D eigenvalue weighted by Crippen LogP contribution is -2.11. The number of rotatable bonds is 5. The predicted octanol–water partition coefficient (Wildman–Crippen LogP) is 5.47. The third-order valence-electron chi connectivity index (χ3n) is 6.19. The first-order valence-corrected chi connectivity index (χ1v) is 11.8. The average Bonchev–Trinajstić information content (AvgIpc) is 3.73. The molecule has 0 spiro atoms. The first kappa shape index (κ1) is 21.6. The second-order valence-electron chi connectivity index (χ2n) is 8.62. The van der Waals surface area contributed by atoms with E-state index in [1.807, 2.05) is 42.5 Å². The van der Waals surface area contributed by atoms with Gasteiger partial charge in [0.15, 0.2) is 5.82 Å². The maximum Gasteiger partial charge on any atom is 0.255 e. The molecule has 0 unspecified atom stereocenters. The molecule has 6 aromatic heterocycles. The zero-order chi connectivity index (χ0) is 25.5. The molecule has 0 aliphatic heterocycles. The molecule has 0 aliphatic rings. The van der Waals surface area contributed by atoms with Gasteiger partial charge in [0.2, 0.25) is 0 Å². The number of nitrogens with one attached hydrogen (secondary N) is 3. The Balaban J connectivity index is 1.25. The fraction of sp³-hybridized carbons (Fsp3) is 0. The Kier molecular flexibility index (Phi) is 5.00. The number of carbonyl (C=O) groups is 1. The molecule has 1 amide bonds. The molecule has 3 N–H and O–H groups in total. The van der Waals surface area contributed by atoms with Gasteiger partial charge < -0.3 is 14.7 Å². The minimum atomic E-state index is -0.209. The highest BCUT2D eigenvalue weighted by Gasteiger charge is 2.17. The van der Waals surface area contributed by atoms with Crippen LogP contribution in [0.1, 0.15) is 10.4 Å². The van der Waals surface area contributed by atoms with Crippen molar-refractivity contribution in [1.29, 1.82) is 0 Å². The summed E-state index contributed by atoms with van der Waals surface area (Å²) in [6.07, 6.45) is 10.0. The number of H-pyrrole nitrogens is 2. The van der Waals surface area contributed by atoms with Gasteiger partial charge in [-0.2, -0.15) is 5.10 Å². The fourth-order valence-electron chi connectivity index (χ4n) is 4.35. The molecule has 0 radical (unpaired) electrons. The molecule has 10 heteroatoms. The van der Waals surface area contributed by atoms with Crippen molar-refractivity contribution in [2.75, 3.05) is 5.32 Å². The van der Waals surface area contributed by atoms with Crippen LogP contribution in [0.5, 0.6) is 0 Å². The number of hydrogen-bond donors (Lipinski definition) is 3. The van der Waals surface area contributed by atoms with Gasteiger partial charge in [-0.1, -0.05) is 18.2 Å². The molecule has 0 fully saturated rings. The average molecular weight is 499 g/mol. The van der Waals surface area contributed by atoms with Crippen molar-refractivity contribution >= 4 is 33.5 Å². The van der Waals surface area contributed by atoms with Crippen LogP contribution >= 0.6 is 0 Å². The summed E-state index contributed by atoms with van der Waals surface area (Å²) in [7, 11) is 0. The maximum atomic E-state index is 12.6. The number of fused-ring (bicyclic) bond motifs is 2. The van der Waals surface area contributed by atoms with Gasteiger partial charge in [0.25, 0.3) is 5.91 Å². The Morgan fingerprint density at radius 3 is 2.68 bits per heavy atom. The molecular weight excluding hydrogens is 480 g/mol. The Hall–Kier alpha value is -5.64. The monoisotopic (exact) mass is 498 g/mol. The molecule has 7 aromatic rings. The molecule has 0 saturated carbocycles. The van der Waals surface area contributed by atoms with E-state index in [1.54, 1.807) is 49.4 Å². The summed E-state index contributed by atoms with van der Waals surface area (Å²) in [5.41, 5.74) is 7.11. The lowest BCUT2D eigenvalue weighted by molar-refractivity contribution is 0.102.